The molecule has 0 bridgehead atoms. The van der Waals surface area contributed by atoms with Crippen LogP contribution in [0.3, 0.4) is 0 Å². The Kier molecular flexibility index (Phi) is 8.86. The number of ether oxygens (including phenoxy) is 1. The molecule has 1 fully saturated rings. The van der Waals surface area contributed by atoms with Crippen LogP contribution in [0.2, 0.25) is 4.34 Å². The van der Waals surface area contributed by atoms with Crippen molar-refractivity contribution >= 4 is 34.0 Å². The highest BCUT2D eigenvalue weighted by molar-refractivity contribution is 7.15. The first kappa shape index (κ1) is 28.7. The third-order valence-corrected chi connectivity index (χ3v) is 7.92. The standard InChI is InChI=1S/C26H27ClF4N6O2S/c27-21-13-33-22(40-21)15-39-25-20(11-32-8-10-36-9-2-1-3-18(36)14-38)23(26(29,30)31)19-12-34-37(24(19)35-25)17-6-4-16(28)5-7-17/h4-7,12-13,18,32,38H,1-3,8-11,14-15H2. The van der Waals surface area contributed by atoms with E-state index in [1.165, 1.54) is 35.1 Å². The summed E-state index contributed by atoms with van der Waals surface area (Å²) in [7, 11) is 0. The number of nitrogens with one attached hydrogen (secondary N) is 1. The summed E-state index contributed by atoms with van der Waals surface area (Å²) in [5.41, 5.74) is -0.787. The fraction of sp³-hybridized carbons (Fsp3) is 0.423. The normalized spacial score (nSPS) is 16.6. The van der Waals surface area contributed by atoms with Gasteiger partial charge in [-0.2, -0.15) is 23.3 Å². The molecular weight excluding hydrogens is 572 g/mol. The molecule has 214 valence electrons. The molecule has 14 heteroatoms. The number of nitrogens with zero attached hydrogens (tertiary/aromatic N) is 5. The molecule has 0 spiro atoms. The van der Waals surface area contributed by atoms with Crippen LogP contribution >= 0.6 is 22.9 Å². The Labute approximate surface area is 236 Å². The van der Waals surface area contributed by atoms with E-state index in [-0.39, 0.29) is 48.3 Å². The fourth-order valence-electron chi connectivity index (χ4n) is 4.92. The molecule has 1 unspecified atom stereocenters. The average Bonchev–Trinajstić information content (AvgIpc) is 3.55. The van der Waals surface area contributed by atoms with Gasteiger partial charge >= 0.3 is 6.18 Å². The van der Waals surface area contributed by atoms with Gasteiger partial charge in [-0.05, 0) is 43.7 Å². The maximum atomic E-state index is 14.6. The smallest absolute Gasteiger partial charge is 0.417 e. The van der Waals surface area contributed by atoms with Gasteiger partial charge in [-0.3, -0.25) is 4.90 Å². The second kappa shape index (κ2) is 12.4. The lowest BCUT2D eigenvalue weighted by molar-refractivity contribution is -0.137. The van der Waals surface area contributed by atoms with Gasteiger partial charge in [0.2, 0.25) is 5.88 Å². The zero-order valence-corrected chi connectivity index (χ0v) is 22.9. The second-order valence-corrected chi connectivity index (χ2v) is 11.2. The van der Waals surface area contributed by atoms with Gasteiger partial charge in [0.05, 0.1) is 35.6 Å². The molecule has 0 saturated carbocycles. The highest BCUT2D eigenvalue weighted by Gasteiger charge is 2.39. The summed E-state index contributed by atoms with van der Waals surface area (Å²) >= 11 is 7.11. The third-order valence-electron chi connectivity index (χ3n) is 6.83. The van der Waals surface area contributed by atoms with Crippen LogP contribution in [0.5, 0.6) is 5.88 Å². The van der Waals surface area contributed by atoms with E-state index < -0.39 is 17.6 Å². The predicted molar refractivity (Wildman–Crippen MR) is 143 cm³/mol. The van der Waals surface area contributed by atoms with Crippen LogP contribution in [0.25, 0.3) is 16.7 Å². The lowest BCUT2D eigenvalue weighted by Gasteiger charge is -2.34. The molecule has 0 aliphatic carbocycles. The minimum absolute atomic E-state index is 0.0512. The Morgan fingerprint density at radius 3 is 2.67 bits per heavy atom. The van der Waals surface area contributed by atoms with Gasteiger partial charge < -0.3 is 15.2 Å². The van der Waals surface area contributed by atoms with Crippen LogP contribution in [0.1, 0.15) is 35.4 Å². The Morgan fingerprint density at radius 1 is 1.18 bits per heavy atom. The average molecular weight is 599 g/mol. The van der Waals surface area contributed by atoms with E-state index in [2.05, 4.69) is 25.3 Å². The summed E-state index contributed by atoms with van der Waals surface area (Å²) in [6.45, 7) is 1.58. The first-order valence-electron chi connectivity index (χ1n) is 12.8. The number of piperidine rings is 1. The summed E-state index contributed by atoms with van der Waals surface area (Å²) in [5, 5.41) is 17.2. The predicted octanol–water partition coefficient (Wildman–Crippen LogP) is 5.20. The van der Waals surface area contributed by atoms with E-state index in [0.717, 1.165) is 43.3 Å². The molecular formula is C26H27ClF4N6O2S. The number of hydrogen-bond donors (Lipinski definition) is 2. The zero-order valence-electron chi connectivity index (χ0n) is 21.3. The van der Waals surface area contributed by atoms with Gasteiger partial charge in [0.15, 0.2) is 5.65 Å². The molecule has 4 heterocycles. The van der Waals surface area contributed by atoms with E-state index in [1.807, 2.05) is 0 Å². The lowest BCUT2D eigenvalue weighted by atomic mass is 10.0. The van der Waals surface area contributed by atoms with Crippen LogP contribution in [-0.2, 0) is 19.3 Å². The van der Waals surface area contributed by atoms with Crippen molar-refractivity contribution in [3.05, 3.63) is 62.9 Å². The van der Waals surface area contributed by atoms with E-state index in [1.54, 1.807) is 0 Å². The molecule has 8 nitrogen and oxygen atoms in total. The summed E-state index contributed by atoms with van der Waals surface area (Å²) in [6, 6.07) is 5.26. The van der Waals surface area contributed by atoms with Crippen molar-refractivity contribution in [2.45, 2.75) is 44.6 Å². The number of benzene rings is 1. The topological polar surface area (TPSA) is 88.3 Å². The molecule has 3 aromatic heterocycles. The quantitative estimate of drug-likeness (QED) is 0.192. The zero-order chi connectivity index (χ0) is 28.3. The van der Waals surface area contributed by atoms with Crippen LogP contribution in [0, 0.1) is 5.82 Å². The number of aliphatic hydroxyl groups excluding tert-OH is 1. The first-order valence-corrected chi connectivity index (χ1v) is 14.0. The second-order valence-electron chi connectivity index (χ2n) is 9.43. The number of likely N-dealkylation sites (tertiary alicyclic amines) is 1. The molecule has 1 aromatic carbocycles. The van der Waals surface area contributed by atoms with Crippen LogP contribution < -0.4 is 10.1 Å². The van der Waals surface area contributed by atoms with E-state index >= 15 is 0 Å². The van der Waals surface area contributed by atoms with Crippen molar-refractivity contribution in [1.82, 2.24) is 30.0 Å². The molecule has 40 heavy (non-hydrogen) atoms. The minimum atomic E-state index is -4.74. The maximum absolute atomic E-state index is 14.6. The number of aromatic nitrogens is 4. The minimum Gasteiger partial charge on any atom is -0.470 e. The van der Waals surface area contributed by atoms with Crippen LogP contribution in [-0.4, -0.2) is 62.0 Å². The van der Waals surface area contributed by atoms with Gasteiger partial charge in [0.25, 0.3) is 0 Å². The highest BCUT2D eigenvalue weighted by atomic mass is 35.5. The Morgan fingerprint density at radius 2 is 1.98 bits per heavy atom. The number of pyridine rings is 1. The van der Waals surface area contributed by atoms with Crippen molar-refractivity contribution in [2.24, 2.45) is 0 Å². The first-order chi connectivity index (χ1) is 19.2. The van der Waals surface area contributed by atoms with E-state index in [9.17, 15) is 22.7 Å². The molecule has 1 aliphatic heterocycles. The van der Waals surface area contributed by atoms with Gasteiger partial charge in [-0.25, -0.2) is 14.1 Å². The summed E-state index contributed by atoms with van der Waals surface area (Å²) in [6.07, 6.45) is 0.772. The summed E-state index contributed by atoms with van der Waals surface area (Å²) in [5.74, 6) is -0.702. The number of aliphatic hydroxyl groups is 1. The van der Waals surface area contributed by atoms with E-state index in [0.29, 0.717) is 28.1 Å². The van der Waals surface area contributed by atoms with Crippen molar-refractivity contribution in [3.63, 3.8) is 0 Å². The molecule has 2 N–H and O–H groups in total. The number of hydrogen-bond acceptors (Lipinski definition) is 8. The van der Waals surface area contributed by atoms with Gasteiger partial charge in [-0.1, -0.05) is 18.0 Å². The number of rotatable bonds is 10. The molecule has 1 aliphatic rings. The molecule has 4 aromatic rings. The van der Waals surface area contributed by atoms with Crippen LogP contribution in [0.15, 0.2) is 36.7 Å². The molecule has 5 rings (SSSR count). The molecule has 1 atom stereocenters. The maximum Gasteiger partial charge on any atom is 0.417 e. The molecule has 0 amide bonds. The van der Waals surface area contributed by atoms with Gasteiger partial charge in [0, 0.05) is 31.2 Å². The summed E-state index contributed by atoms with van der Waals surface area (Å²) in [4.78, 5) is 10.7. The van der Waals surface area contributed by atoms with E-state index in [4.69, 9.17) is 16.3 Å². The fourth-order valence-corrected chi connectivity index (χ4v) is 5.79. The monoisotopic (exact) mass is 598 g/mol. The lowest BCUT2D eigenvalue weighted by Crippen LogP contribution is -2.44. The van der Waals surface area contributed by atoms with Crippen molar-refractivity contribution in [3.8, 4) is 11.6 Å². The number of alkyl halides is 3. The van der Waals surface area contributed by atoms with Crippen molar-refractivity contribution in [2.75, 3.05) is 26.2 Å². The summed E-state index contributed by atoms with van der Waals surface area (Å²) < 4.78 is 64.9. The molecule has 1 saturated heterocycles. The number of halogens is 5. The SMILES string of the molecule is OCC1CCCCN1CCNCc1c(OCc2ncc(Cl)s2)nc2c(cnn2-c2ccc(F)cc2)c1C(F)(F)F. The van der Waals surface area contributed by atoms with Crippen molar-refractivity contribution < 1.29 is 27.4 Å². The third kappa shape index (κ3) is 6.39. The molecule has 0 radical (unpaired) electrons. The number of fused-ring (bicyclic) bond motifs is 1. The number of thiazole rings is 1. The Bertz CT molecular complexity index is 1450. The largest absolute Gasteiger partial charge is 0.470 e. The van der Waals surface area contributed by atoms with Crippen molar-refractivity contribution in [1.29, 1.82) is 0 Å². The van der Waals surface area contributed by atoms with Gasteiger partial charge in [0.1, 0.15) is 21.8 Å². The van der Waals surface area contributed by atoms with Crippen LogP contribution in [0.4, 0.5) is 17.6 Å². The van der Waals surface area contributed by atoms with Gasteiger partial charge in [-0.15, -0.1) is 11.3 Å². The highest BCUT2D eigenvalue weighted by Crippen LogP contribution is 2.41. The Hall–Kier alpha value is -2.84. The Balaban J connectivity index is 1.49.